The lowest BCUT2D eigenvalue weighted by Gasteiger charge is -2.10. The maximum Gasteiger partial charge on any atom is 0.418 e. The summed E-state index contributed by atoms with van der Waals surface area (Å²) in [5.41, 5.74) is -0.483. The number of ketones is 1. The van der Waals surface area contributed by atoms with Gasteiger partial charge in [-0.1, -0.05) is 18.5 Å². The number of Topliss-reactive ketones (excluding diaryl/α,β-unsaturated/α-hetero) is 1. The van der Waals surface area contributed by atoms with E-state index in [0.717, 1.165) is 27.6 Å². The van der Waals surface area contributed by atoms with Crippen molar-refractivity contribution in [3.8, 4) is 0 Å². The Morgan fingerprint density at radius 1 is 1.15 bits per heavy atom. The molecule has 1 amide bonds. The fourth-order valence-corrected chi connectivity index (χ4v) is 4.99. The molecule has 1 N–H and O–H groups in total. The van der Waals surface area contributed by atoms with Crippen LogP contribution >= 0.6 is 34.3 Å². The second kappa shape index (κ2) is 9.20. The average molecular weight is 510 g/mol. The Labute approximate surface area is 199 Å². The molecule has 11 heteroatoms. The van der Waals surface area contributed by atoms with E-state index in [2.05, 4.69) is 15.3 Å². The number of fused-ring (bicyclic) bond motifs is 1. The molecule has 0 radical (unpaired) electrons. The van der Waals surface area contributed by atoms with E-state index in [1.807, 2.05) is 30.5 Å². The first-order chi connectivity index (χ1) is 15.6. The van der Waals surface area contributed by atoms with Gasteiger partial charge >= 0.3 is 6.18 Å². The third kappa shape index (κ3) is 5.23. The van der Waals surface area contributed by atoms with Gasteiger partial charge in [-0.25, -0.2) is 9.97 Å². The quantitative estimate of drug-likeness (QED) is 0.282. The lowest BCUT2D eigenvalue weighted by molar-refractivity contribution is -0.137. The van der Waals surface area contributed by atoms with Gasteiger partial charge in [-0.2, -0.15) is 13.2 Å². The number of thiazole rings is 1. The Morgan fingerprint density at radius 3 is 2.70 bits per heavy atom. The SMILES string of the molecule is C[C@@H](CC(=O)c1ccc2sccc2c1)c1ncc(C(=O)Nc2cc(C(F)(F)F)c(Cl)cn2)s1. The zero-order chi connectivity index (χ0) is 23.8. The van der Waals surface area contributed by atoms with Crippen LogP contribution in [0.1, 0.15) is 49.9 Å². The van der Waals surface area contributed by atoms with E-state index >= 15 is 0 Å². The Morgan fingerprint density at radius 2 is 1.94 bits per heavy atom. The minimum Gasteiger partial charge on any atom is -0.306 e. The van der Waals surface area contributed by atoms with E-state index in [1.54, 1.807) is 17.4 Å². The van der Waals surface area contributed by atoms with Crippen molar-refractivity contribution in [1.82, 2.24) is 9.97 Å². The number of pyridine rings is 1. The van der Waals surface area contributed by atoms with Gasteiger partial charge in [0, 0.05) is 28.8 Å². The van der Waals surface area contributed by atoms with Crippen molar-refractivity contribution < 1.29 is 22.8 Å². The fraction of sp³-hybridized carbons (Fsp3) is 0.182. The molecule has 3 heterocycles. The molecule has 0 spiro atoms. The molecular formula is C22H15ClF3N3O2S2. The summed E-state index contributed by atoms with van der Waals surface area (Å²) < 4.78 is 40.1. The molecule has 1 atom stereocenters. The molecule has 0 aliphatic rings. The Bertz CT molecular complexity index is 1350. The summed E-state index contributed by atoms with van der Waals surface area (Å²) in [5.74, 6) is -1.21. The zero-order valence-corrected chi connectivity index (χ0v) is 19.3. The van der Waals surface area contributed by atoms with Crippen molar-refractivity contribution in [1.29, 1.82) is 0 Å². The van der Waals surface area contributed by atoms with Crippen LogP contribution in [0.5, 0.6) is 0 Å². The van der Waals surface area contributed by atoms with Gasteiger partial charge in [-0.3, -0.25) is 9.59 Å². The van der Waals surface area contributed by atoms with Crippen LogP contribution in [0, 0.1) is 0 Å². The molecule has 0 bridgehead atoms. The Balaban J connectivity index is 1.43. The Kier molecular flexibility index (Phi) is 6.51. The number of hydrogen-bond acceptors (Lipinski definition) is 6. The van der Waals surface area contributed by atoms with E-state index in [9.17, 15) is 22.8 Å². The predicted octanol–water partition coefficient (Wildman–Crippen LogP) is 7.05. The fourth-order valence-electron chi connectivity index (χ4n) is 3.15. The smallest absolute Gasteiger partial charge is 0.306 e. The van der Waals surface area contributed by atoms with E-state index in [-0.39, 0.29) is 28.8 Å². The molecular weight excluding hydrogens is 495 g/mol. The molecule has 4 aromatic rings. The predicted molar refractivity (Wildman–Crippen MR) is 124 cm³/mol. The summed E-state index contributed by atoms with van der Waals surface area (Å²) in [7, 11) is 0. The number of nitrogens with zero attached hydrogens (tertiary/aromatic N) is 2. The van der Waals surface area contributed by atoms with Crippen molar-refractivity contribution >= 4 is 61.9 Å². The monoisotopic (exact) mass is 509 g/mol. The third-order valence-corrected chi connectivity index (χ3v) is 7.26. The highest BCUT2D eigenvalue weighted by atomic mass is 35.5. The molecule has 170 valence electrons. The Hall–Kier alpha value is -2.82. The molecule has 0 unspecified atom stereocenters. The maximum atomic E-state index is 13.0. The average Bonchev–Trinajstić information content (AvgIpc) is 3.43. The third-order valence-electron chi connectivity index (χ3n) is 4.84. The lowest BCUT2D eigenvalue weighted by Crippen LogP contribution is -2.13. The van der Waals surface area contributed by atoms with Crippen molar-refractivity contribution in [2.24, 2.45) is 0 Å². The first-order valence-corrected chi connectivity index (χ1v) is 11.7. The molecule has 0 aliphatic heterocycles. The number of benzene rings is 1. The van der Waals surface area contributed by atoms with Crippen LogP contribution < -0.4 is 5.32 Å². The number of anilines is 1. The normalized spacial score (nSPS) is 12.6. The van der Waals surface area contributed by atoms with Crippen LogP contribution in [0.15, 0.2) is 48.1 Å². The largest absolute Gasteiger partial charge is 0.418 e. The van der Waals surface area contributed by atoms with Gasteiger partial charge in [0.2, 0.25) is 0 Å². The van der Waals surface area contributed by atoms with Gasteiger partial charge in [0.05, 0.1) is 21.8 Å². The molecule has 0 saturated heterocycles. The number of rotatable bonds is 6. The van der Waals surface area contributed by atoms with Crippen LogP contribution in [-0.4, -0.2) is 21.7 Å². The van der Waals surface area contributed by atoms with Crippen LogP contribution in [0.25, 0.3) is 10.1 Å². The van der Waals surface area contributed by atoms with Crippen LogP contribution in [0.2, 0.25) is 5.02 Å². The highest BCUT2D eigenvalue weighted by Gasteiger charge is 2.34. The zero-order valence-electron chi connectivity index (χ0n) is 16.9. The molecule has 3 aromatic heterocycles. The summed E-state index contributed by atoms with van der Waals surface area (Å²) in [4.78, 5) is 33.3. The highest BCUT2D eigenvalue weighted by Crippen LogP contribution is 2.35. The molecule has 4 rings (SSSR count). The number of nitrogens with one attached hydrogen (secondary N) is 1. The van der Waals surface area contributed by atoms with Crippen molar-refractivity contribution in [2.75, 3.05) is 5.32 Å². The van der Waals surface area contributed by atoms with E-state index in [0.29, 0.717) is 16.6 Å². The van der Waals surface area contributed by atoms with Gasteiger partial charge in [-0.05, 0) is 41.1 Å². The molecule has 0 fully saturated rings. The topological polar surface area (TPSA) is 72.0 Å². The molecule has 0 aliphatic carbocycles. The summed E-state index contributed by atoms with van der Waals surface area (Å²) in [6, 6.07) is 8.20. The minimum absolute atomic E-state index is 0.0400. The number of halogens is 4. The van der Waals surface area contributed by atoms with Gasteiger partial charge in [0.25, 0.3) is 5.91 Å². The molecule has 0 saturated carbocycles. The van der Waals surface area contributed by atoms with Crippen LogP contribution in [-0.2, 0) is 6.18 Å². The van der Waals surface area contributed by atoms with Gasteiger partial charge in [0.15, 0.2) is 5.78 Å². The summed E-state index contributed by atoms with van der Waals surface area (Å²) in [5, 5.41) is 5.32. The van der Waals surface area contributed by atoms with E-state index < -0.39 is 22.7 Å². The van der Waals surface area contributed by atoms with Crippen molar-refractivity contribution in [2.45, 2.75) is 25.4 Å². The van der Waals surface area contributed by atoms with Crippen LogP contribution in [0.4, 0.5) is 19.0 Å². The summed E-state index contributed by atoms with van der Waals surface area (Å²) in [6.07, 6.45) is -2.31. The number of alkyl halides is 3. The summed E-state index contributed by atoms with van der Waals surface area (Å²) in [6.45, 7) is 1.83. The first kappa shape index (κ1) is 23.3. The number of aromatic nitrogens is 2. The molecule has 5 nitrogen and oxygen atoms in total. The van der Waals surface area contributed by atoms with Crippen LogP contribution in [0.3, 0.4) is 0 Å². The van der Waals surface area contributed by atoms with E-state index in [1.165, 1.54) is 6.20 Å². The first-order valence-electron chi connectivity index (χ1n) is 9.62. The van der Waals surface area contributed by atoms with Gasteiger partial charge in [-0.15, -0.1) is 22.7 Å². The number of amides is 1. The number of hydrogen-bond donors (Lipinski definition) is 1. The highest BCUT2D eigenvalue weighted by molar-refractivity contribution is 7.17. The number of carbonyl (C=O) groups is 2. The minimum atomic E-state index is -4.67. The van der Waals surface area contributed by atoms with Gasteiger partial charge in [0.1, 0.15) is 10.7 Å². The van der Waals surface area contributed by atoms with Crippen molar-refractivity contribution in [3.63, 3.8) is 0 Å². The maximum absolute atomic E-state index is 13.0. The van der Waals surface area contributed by atoms with Gasteiger partial charge < -0.3 is 5.32 Å². The lowest BCUT2D eigenvalue weighted by atomic mass is 9.99. The number of carbonyl (C=O) groups excluding carboxylic acids is 2. The van der Waals surface area contributed by atoms with E-state index in [4.69, 9.17) is 11.6 Å². The number of thiophene rings is 1. The molecule has 1 aromatic carbocycles. The second-order valence-electron chi connectivity index (χ2n) is 7.27. The van der Waals surface area contributed by atoms with Crippen molar-refractivity contribution in [3.05, 3.63) is 74.1 Å². The standard InChI is InChI=1S/C22H15ClF3N3O2S2/c1-11(6-16(30)12-2-3-17-13(7-12)4-5-32-17)21-28-10-18(33-21)20(31)29-19-8-14(22(24,25)26)15(23)9-27-19/h2-5,7-11H,6H2,1H3,(H,27,29,31)/t11-/m0/s1. The summed E-state index contributed by atoms with van der Waals surface area (Å²) >= 11 is 8.23. The second-order valence-corrected chi connectivity index (χ2v) is 9.68. The molecule has 33 heavy (non-hydrogen) atoms.